The van der Waals surface area contributed by atoms with Gasteiger partial charge >= 0.3 is 5.97 Å². The number of carboxylic acid groups (broad SMARTS) is 1. The number of H-pyrrole nitrogens is 2. The second kappa shape index (κ2) is 4.38. The maximum absolute atomic E-state index is 11.3. The average Bonchev–Trinajstić information content (AvgIpc) is 2.81. The number of hydrogen-bond donors (Lipinski definition) is 3. The van der Waals surface area contributed by atoms with E-state index in [2.05, 4.69) is 15.0 Å². The maximum atomic E-state index is 11.3. The van der Waals surface area contributed by atoms with E-state index in [1.165, 1.54) is 6.07 Å². The molecule has 0 saturated carbocycles. The molecule has 0 amide bonds. The summed E-state index contributed by atoms with van der Waals surface area (Å²) >= 11 is 0. The number of carbonyl (C=O) groups is 1. The zero-order valence-corrected chi connectivity index (χ0v) is 10.1. The van der Waals surface area contributed by atoms with Crippen LogP contribution in [0.25, 0.3) is 11.5 Å². The van der Waals surface area contributed by atoms with Crippen molar-refractivity contribution in [3.8, 4) is 11.5 Å². The van der Waals surface area contributed by atoms with Crippen LogP contribution in [0.1, 0.15) is 17.8 Å². The van der Waals surface area contributed by atoms with Crippen LogP contribution in [0.3, 0.4) is 0 Å². The Labute approximate surface area is 108 Å². The molecule has 2 aromatic rings. The first-order chi connectivity index (χ1) is 9.13. The Morgan fingerprint density at radius 1 is 1.37 bits per heavy atom. The van der Waals surface area contributed by atoms with Gasteiger partial charge in [-0.3, -0.25) is 9.59 Å². The minimum Gasteiger partial charge on any atom is -0.481 e. The third-order valence-corrected chi connectivity index (χ3v) is 3.42. The summed E-state index contributed by atoms with van der Waals surface area (Å²) in [5.41, 5.74) is 2.19. The van der Waals surface area contributed by atoms with Gasteiger partial charge in [0.15, 0.2) is 5.82 Å². The number of carboxylic acids is 1. The Bertz CT molecular complexity index is 686. The Hall–Kier alpha value is -2.37. The molecule has 19 heavy (non-hydrogen) atoms. The number of pyridine rings is 1. The van der Waals surface area contributed by atoms with Crippen molar-refractivity contribution in [3.63, 3.8) is 0 Å². The van der Waals surface area contributed by atoms with E-state index in [9.17, 15) is 9.59 Å². The van der Waals surface area contributed by atoms with Crippen LogP contribution in [0, 0.1) is 5.92 Å². The minimum absolute atomic E-state index is 0.185. The lowest BCUT2D eigenvalue weighted by atomic mass is 9.90. The SMILES string of the molecule is O=C(O)C1CCc2nc(-c3cccc(=O)[nH]3)[nH]c2C1. The largest absolute Gasteiger partial charge is 0.481 e. The first-order valence-electron chi connectivity index (χ1n) is 6.14. The van der Waals surface area contributed by atoms with Gasteiger partial charge in [-0.05, 0) is 18.9 Å². The van der Waals surface area contributed by atoms with Gasteiger partial charge in [-0.2, -0.15) is 0 Å². The first-order valence-corrected chi connectivity index (χ1v) is 6.14. The van der Waals surface area contributed by atoms with Crippen molar-refractivity contribution in [1.29, 1.82) is 0 Å². The van der Waals surface area contributed by atoms with E-state index in [-0.39, 0.29) is 11.5 Å². The van der Waals surface area contributed by atoms with Crippen LogP contribution in [0.5, 0.6) is 0 Å². The summed E-state index contributed by atoms with van der Waals surface area (Å²) in [4.78, 5) is 32.5. The molecule has 2 aromatic heterocycles. The number of rotatable bonds is 2. The predicted molar refractivity (Wildman–Crippen MR) is 67.8 cm³/mol. The first kappa shape index (κ1) is 11.7. The molecule has 3 rings (SSSR count). The van der Waals surface area contributed by atoms with Crippen molar-refractivity contribution in [2.24, 2.45) is 5.92 Å². The van der Waals surface area contributed by atoms with E-state index in [1.54, 1.807) is 12.1 Å². The lowest BCUT2D eigenvalue weighted by Gasteiger charge is -2.16. The van der Waals surface area contributed by atoms with Gasteiger partial charge in [0.25, 0.3) is 0 Å². The Kier molecular flexibility index (Phi) is 2.70. The molecule has 0 fully saturated rings. The number of imidazole rings is 1. The second-order valence-electron chi connectivity index (χ2n) is 4.72. The monoisotopic (exact) mass is 259 g/mol. The van der Waals surface area contributed by atoms with E-state index in [1.807, 2.05) is 0 Å². The number of aromatic amines is 2. The number of aryl methyl sites for hydroxylation is 1. The second-order valence-corrected chi connectivity index (χ2v) is 4.72. The molecule has 1 aliphatic carbocycles. The molecule has 1 aliphatic rings. The van der Waals surface area contributed by atoms with Crippen molar-refractivity contribution < 1.29 is 9.90 Å². The maximum Gasteiger partial charge on any atom is 0.306 e. The number of aliphatic carboxylic acids is 1. The molecule has 3 N–H and O–H groups in total. The van der Waals surface area contributed by atoms with Crippen molar-refractivity contribution in [2.45, 2.75) is 19.3 Å². The molecular weight excluding hydrogens is 246 g/mol. The molecule has 2 heterocycles. The molecule has 98 valence electrons. The number of hydrogen-bond acceptors (Lipinski definition) is 3. The summed E-state index contributed by atoms with van der Waals surface area (Å²) in [7, 11) is 0. The molecular formula is C13H13N3O3. The fourth-order valence-electron chi connectivity index (χ4n) is 2.40. The number of aromatic nitrogens is 3. The van der Waals surface area contributed by atoms with Crippen molar-refractivity contribution in [3.05, 3.63) is 39.9 Å². The van der Waals surface area contributed by atoms with Gasteiger partial charge in [0.05, 0.1) is 17.3 Å². The summed E-state index contributed by atoms with van der Waals surface area (Å²) in [5.74, 6) is -0.528. The zero-order valence-electron chi connectivity index (χ0n) is 10.1. The van der Waals surface area contributed by atoms with Crippen LogP contribution in [0.2, 0.25) is 0 Å². The smallest absolute Gasteiger partial charge is 0.306 e. The minimum atomic E-state index is -0.769. The van der Waals surface area contributed by atoms with Crippen molar-refractivity contribution in [1.82, 2.24) is 15.0 Å². The quantitative estimate of drug-likeness (QED) is 0.747. The van der Waals surface area contributed by atoms with Crippen LogP contribution >= 0.6 is 0 Å². The van der Waals surface area contributed by atoms with Crippen LogP contribution in [0.4, 0.5) is 0 Å². The summed E-state index contributed by atoms with van der Waals surface area (Å²) in [5, 5.41) is 9.04. The van der Waals surface area contributed by atoms with Gasteiger partial charge in [-0.1, -0.05) is 6.07 Å². The van der Waals surface area contributed by atoms with Gasteiger partial charge in [0.2, 0.25) is 5.56 Å². The van der Waals surface area contributed by atoms with Crippen LogP contribution < -0.4 is 5.56 Å². The molecule has 0 radical (unpaired) electrons. The summed E-state index contributed by atoms with van der Waals surface area (Å²) in [6.45, 7) is 0. The van der Waals surface area contributed by atoms with Gasteiger partial charge in [0.1, 0.15) is 0 Å². The zero-order chi connectivity index (χ0) is 13.4. The summed E-state index contributed by atoms with van der Waals surface area (Å²) in [6.07, 6.45) is 1.73. The average molecular weight is 259 g/mol. The molecule has 0 aromatic carbocycles. The van der Waals surface area contributed by atoms with Gasteiger partial charge < -0.3 is 15.1 Å². The Morgan fingerprint density at radius 2 is 2.21 bits per heavy atom. The van der Waals surface area contributed by atoms with Crippen molar-refractivity contribution in [2.75, 3.05) is 0 Å². The number of fused-ring (bicyclic) bond motifs is 1. The number of nitrogens with one attached hydrogen (secondary N) is 2. The highest BCUT2D eigenvalue weighted by atomic mass is 16.4. The van der Waals surface area contributed by atoms with Gasteiger partial charge in [-0.25, -0.2) is 4.98 Å². The van der Waals surface area contributed by atoms with Crippen LogP contribution in [-0.2, 0) is 17.6 Å². The van der Waals surface area contributed by atoms with E-state index < -0.39 is 5.97 Å². The fraction of sp³-hybridized carbons (Fsp3) is 0.308. The highest BCUT2D eigenvalue weighted by Gasteiger charge is 2.27. The van der Waals surface area contributed by atoms with Crippen molar-refractivity contribution >= 4 is 5.97 Å². The third kappa shape index (κ3) is 2.16. The lowest BCUT2D eigenvalue weighted by molar-refractivity contribution is -0.142. The molecule has 0 bridgehead atoms. The highest BCUT2D eigenvalue weighted by Crippen LogP contribution is 2.26. The fourth-order valence-corrected chi connectivity index (χ4v) is 2.40. The normalized spacial score (nSPS) is 18.0. The standard InChI is InChI=1S/C13H13N3O3/c17-11-3-1-2-9(14-11)12-15-8-5-4-7(13(18)19)6-10(8)16-12/h1-3,7H,4-6H2,(H,14,17)(H,15,16)(H,18,19). The summed E-state index contributed by atoms with van der Waals surface area (Å²) in [6, 6.07) is 4.86. The van der Waals surface area contributed by atoms with E-state index in [4.69, 9.17) is 5.11 Å². The topological polar surface area (TPSA) is 98.8 Å². The van der Waals surface area contributed by atoms with Gasteiger partial charge in [-0.15, -0.1) is 0 Å². The van der Waals surface area contributed by atoms with Gasteiger partial charge in [0, 0.05) is 18.2 Å². The molecule has 0 saturated heterocycles. The molecule has 0 spiro atoms. The van der Waals surface area contributed by atoms with Crippen LogP contribution in [-0.4, -0.2) is 26.0 Å². The summed E-state index contributed by atoms with van der Waals surface area (Å²) < 4.78 is 0. The van der Waals surface area contributed by atoms with E-state index in [0.29, 0.717) is 30.8 Å². The molecule has 6 heteroatoms. The highest BCUT2D eigenvalue weighted by molar-refractivity contribution is 5.71. The molecule has 1 atom stereocenters. The van der Waals surface area contributed by atoms with E-state index >= 15 is 0 Å². The third-order valence-electron chi connectivity index (χ3n) is 3.42. The predicted octanol–water partition coefficient (Wildman–Crippen LogP) is 0.955. The van der Waals surface area contributed by atoms with E-state index in [0.717, 1.165) is 11.4 Å². The number of nitrogens with zero attached hydrogens (tertiary/aromatic N) is 1. The molecule has 1 unspecified atom stereocenters. The molecule has 6 nitrogen and oxygen atoms in total. The molecule has 0 aliphatic heterocycles. The van der Waals surface area contributed by atoms with Crippen LogP contribution in [0.15, 0.2) is 23.0 Å². The lowest BCUT2D eigenvalue weighted by Crippen LogP contribution is -2.22. The Balaban J connectivity index is 1.95. The Morgan fingerprint density at radius 3 is 2.95 bits per heavy atom.